The summed E-state index contributed by atoms with van der Waals surface area (Å²) in [5.41, 5.74) is 0. The van der Waals surface area contributed by atoms with E-state index in [1.807, 2.05) is 34.6 Å². The molecular formula is C14H32. The molecule has 14 heavy (non-hydrogen) atoms. The van der Waals surface area contributed by atoms with Crippen LogP contribution in [0.15, 0.2) is 12.7 Å². The van der Waals surface area contributed by atoms with E-state index in [2.05, 4.69) is 13.5 Å². The molecule has 0 nitrogen and oxygen atoms in total. The molecule has 0 aromatic rings. The molecule has 1 aliphatic rings. The fraction of sp³-hybridized carbons (Fsp3) is 0.857. The number of hydrogen-bond acceptors (Lipinski definition) is 0. The van der Waals surface area contributed by atoms with Crippen LogP contribution in [0.2, 0.25) is 0 Å². The van der Waals surface area contributed by atoms with Crippen molar-refractivity contribution in [3.05, 3.63) is 12.7 Å². The smallest absolute Gasteiger partial charge is 0.0443 e. The molecule has 0 heterocycles. The second-order valence-electron chi connectivity index (χ2n) is 3.15. The molecular weight excluding hydrogens is 168 g/mol. The standard InChI is InChI=1S/C7H14.C3H6.2C2H6/c1-7-5-3-2-4-6-7;1-3-2;2*1-2/h7H,2-6H2,1H3;3H,1H2,2H3;2*1-2H3. The summed E-state index contributed by atoms with van der Waals surface area (Å²) in [6.45, 7) is 15.6. The molecule has 1 rings (SSSR count). The van der Waals surface area contributed by atoms with Crippen LogP contribution >= 0.6 is 0 Å². The summed E-state index contributed by atoms with van der Waals surface area (Å²) in [5, 5.41) is 0. The maximum absolute atomic E-state index is 3.36. The second-order valence-corrected chi connectivity index (χ2v) is 3.15. The Bertz CT molecular complexity index is 68.1. The van der Waals surface area contributed by atoms with E-state index in [-0.39, 0.29) is 0 Å². The second kappa shape index (κ2) is 23.0. The van der Waals surface area contributed by atoms with Crippen molar-refractivity contribution in [3.63, 3.8) is 0 Å². The number of rotatable bonds is 0. The van der Waals surface area contributed by atoms with Gasteiger partial charge in [0.25, 0.3) is 0 Å². The van der Waals surface area contributed by atoms with E-state index < -0.39 is 0 Å². The lowest BCUT2D eigenvalue weighted by Crippen LogP contribution is -1.99. The first-order valence-corrected chi connectivity index (χ1v) is 6.38. The molecule has 0 bridgehead atoms. The summed E-state index contributed by atoms with van der Waals surface area (Å²) in [4.78, 5) is 0. The Morgan fingerprint density at radius 1 is 0.929 bits per heavy atom. The average molecular weight is 200 g/mol. The Labute approximate surface area is 92.8 Å². The van der Waals surface area contributed by atoms with Gasteiger partial charge in [-0.25, -0.2) is 0 Å². The highest BCUT2D eigenvalue weighted by atomic mass is 14.1. The Balaban J connectivity index is -0.000000148. The van der Waals surface area contributed by atoms with Crippen LogP contribution in [-0.4, -0.2) is 0 Å². The van der Waals surface area contributed by atoms with Crippen LogP contribution in [-0.2, 0) is 0 Å². The highest BCUT2D eigenvalue weighted by molar-refractivity contribution is 4.59. The fourth-order valence-electron chi connectivity index (χ4n) is 1.31. The SMILES string of the molecule is C=CC.CC.CC.CC1CCCCC1. The number of hydrogen-bond donors (Lipinski definition) is 0. The van der Waals surface area contributed by atoms with E-state index in [0.717, 1.165) is 5.92 Å². The lowest BCUT2D eigenvalue weighted by molar-refractivity contribution is 0.385. The summed E-state index contributed by atoms with van der Waals surface area (Å²) >= 11 is 0. The van der Waals surface area contributed by atoms with Gasteiger partial charge in [-0.2, -0.15) is 0 Å². The molecule has 1 aliphatic carbocycles. The van der Waals surface area contributed by atoms with Crippen molar-refractivity contribution >= 4 is 0 Å². The van der Waals surface area contributed by atoms with E-state index >= 15 is 0 Å². The van der Waals surface area contributed by atoms with Crippen molar-refractivity contribution in [2.45, 2.75) is 73.6 Å². The van der Waals surface area contributed by atoms with Crippen molar-refractivity contribution in [3.8, 4) is 0 Å². The van der Waals surface area contributed by atoms with Crippen molar-refractivity contribution < 1.29 is 0 Å². The van der Waals surface area contributed by atoms with Crippen molar-refractivity contribution in [2.75, 3.05) is 0 Å². The maximum atomic E-state index is 3.36. The molecule has 0 spiro atoms. The zero-order valence-electron chi connectivity index (χ0n) is 11.4. The molecule has 1 saturated carbocycles. The summed E-state index contributed by atoms with van der Waals surface area (Å²) in [5.74, 6) is 1.04. The van der Waals surface area contributed by atoms with E-state index in [1.165, 1.54) is 32.1 Å². The molecule has 1 fully saturated rings. The Kier molecular flexibility index (Phi) is 31.7. The van der Waals surface area contributed by atoms with Crippen molar-refractivity contribution in [2.24, 2.45) is 5.92 Å². The zero-order chi connectivity index (χ0) is 11.8. The summed E-state index contributed by atoms with van der Waals surface area (Å²) in [7, 11) is 0. The Morgan fingerprint density at radius 2 is 1.21 bits per heavy atom. The predicted octanol–water partition coefficient (Wildman–Crippen LogP) is 5.83. The van der Waals surface area contributed by atoms with E-state index in [9.17, 15) is 0 Å². The lowest BCUT2D eigenvalue weighted by atomic mass is 9.91. The molecule has 0 unspecified atom stereocenters. The van der Waals surface area contributed by atoms with E-state index in [1.54, 1.807) is 6.08 Å². The molecule has 88 valence electrons. The van der Waals surface area contributed by atoms with Crippen LogP contribution in [0, 0.1) is 5.92 Å². The van der Waals surface area contributed by atoms with Crippen molar-refractivity contribution in [1.82, 2.24) is 0 Å². The summed E-state index contributed by atoms with van der Waals surface area (Å²) in [6.07, 6.45) is 9.19. The van der Waals surface area contributed by atoms with Gasteiger partial charge in [-0.3, -0.25) is 0 Å². The number of allylic oxidation sites excluding steroid dienone is 1. The molecule has 0 aromatic heterocycles. The molecule has 0 amide bonds. The molecule has 0 atom stereocenters. The van der Waals surface area contributed by atoms with Gasteiger partial charge in [0.15, 0.2) is 0 Å². The average Bonchev–Trinajstić information content (AvgIpc) is 2.26. The molecule has 0 N–H and O–H groups in total. The molecule has 0 aromatic carbocycles. The topological polar surface area (TPSA) is 0 Å². The van der Waals surface area contributed by atoms with Gasteiger partial charge in [0.05, 0.1) is 0 Å². The van der Waals surface area contributed by atoms with Crippen LogP contribution in [0.5, 0.6) is 0 Å². The monoisotopic (exact) mass is 200 g/mol. The molecule has 0 radical (unpaired) electrons. The minimum Gasteiger partial charge on any atom is -0.103 e. The molecule has 0 saturated heterocycles. The van der Waals surface area contributed by atoms with Gasteiger partial charge in [-0.05, 0) is 12.8 Å². The van der Waals surface area contributed by atoms with Gasteiger partial charge in [0.2, 0.25) is 0 Å². The van der Waals surface area contributed by atoms with Crippen LogP contribution in [0.4, 0.5) is 0 Å². The van der Waals surface area contributed by atoms with Gasteiger partial charge in [0, 0.05) is 0 Å². The first kappa shape index (κ1) is 19.3. The third kappa shape index (κ3) is 22.6. The largest absolute Gasteiger partial charge is 0.103 e. The molecule has 0 heteroatoms. The van der Waals surface area contributed by atoms with E-state index in [4.69, 9.17) is 0 Å². The van der Waals surface area contributed by atoms with Crippen molar-refractivity contribution in [1.29, 1.82) is 0 Å². The van der Waals surface area contributed by atoms with Gasteiger partial charge in [-0.15, -0.1) is 6.58 Å². The minimum atomic E-state index is 1.04. The predicted molar refractivity (Wildman–Crippen MR) is 70.8 cm³/mol. The minimum absolute atomic E-state index is 1.04. The van der Waals surface area contributed by atoms with Gasteiger partial charge in [0.1, 0.15) is 0 Å². The van der Waals surface area contributed by atoms with Crippen LogP contribution in [0.1, 0.15) is 73.6 Å². The zero-order valence-corrected chi connectivity index (χ0v) is 11.4. The van der Waals surface area contributed by atoms with E-state index in [0.29, 0.717) is 0 Å². The summed E-state index contributed by atoms with van der Waals surface area (Å²) in [6, 6.07) is 0. The summed E-state index contributed by atoms with van der Waals surface area (Å²) < 4.78 is 0. The van der Waals surface area contributed by atoms with Crippen LogP contribution in [0.3, 0.4) is 0 Å². The van der Waals surface area contributed by atoms with Gasteiger partial charge >= 0.3 is 0 Å². The molecule has 0 aliphatic heterocycles. The first-order valence-electron chi connectivity index (χ1n) is 6.38. The van der Waals surface area contributed by atoms with Gasteiger partial charge < -0.3 is 0 Å². The maximum Gasteiger partial charge on any atom is -0.0443 e. The first-order chi connectivity index (χ1) is 6.81. The van der Waals surface area contributed by atoms with Crippen LogP contribution < -0.4 is 0 Å². The highest BCUT2D eigenvalue weighted by Gasteiger charge is 2.05. The third-order valence-electron chi connectivity index (χ3n) is 1.89. The normalized spacial score (nSPS) is 14.4. The Morgan fingerprint density at radius 3 is 1.36 bits per heavy atom. The quantitative estimate of drug-likeness (QED) is 0.431. The Hall–Kier alpha value is -0.260. The fourth-order valence-corrected chi connectivity index (χ4v) is 1.31. The lowest BCUT2D eigenvalue weighted by Gasteiger charge is -2.15. The third-order valence-corrected chi connectivity index (χ3v) is 1.89. The highest BCUT2D eigenvalue weighted by Crippen LogP contribution is 2.21. The van der Waals surface area contributed by atoms with Crippen LogP contribution in [0.25, 0.3) is 0 Å². The van der Waals surface area contributed by atoms with Gasteiger partial charge in [-0.1, -0.05) is 72.8 Å².